The van der Waals surface area contributed by atoms with Crippen LogP contribution in [0, 0.1) is 11.8 Å². The summed E-state index contributed by atoms with van der Waals surface area (Å²) in [5.41, 5.74) is 5.99. The van der Waals surface area contributed by atoms with Gasteiger partial charge < -0.3 is 15.5 Å². The van der Waals surface area contributed by atoms with Crippen molar-refractivity contribution in [2.24, 2.45) is 17.6 Å². The molecule has 1 aliphatic heterocycles. The molecule has 0 saturated carbocycles. The Morgan fingerprint density at radius 3 is 2.00 bits per heavy atom. The summed E-state index contributed by atoms with van der Waals surface area (Å²) in [7, 11) is 0. The minimum atomic E-state index is -0.419. The van der Waals surface area contributed by atoms with E-state index < -0.39 is 6.04 Å². The second-order valence-corrected chi connectivity index (χ2v) is 6.22. The van der Waals surface area contributed by atoms with Crippen molar-refractivity contribution in [3.8, 4) is 0 Å². The fourth-order valence-corrected chi connectivity index (χ4v) is 2.36. The van der Waals surface area contributed by atoms with Crippen LogP contribution in [0.1, 0.15) is 40.5 Å². The number of nitrogens with zero attached hydrogens (tertiary/aromatic N) is 2. The SMILES string of the molecule is CCC(C)[C@H](N)C(=O)N1CCN(C(=O)CC(C)C)CC1. The molecule has 0 aliphatic carbocycles. The molecule has 2 amide bonds. The van der Waals surface area contributed by atoms with Gasteiger partial charge in [0, 0.05) is 32.6 Å². The van der Waals surface area contributed by atoms with Gasteiger partial charge in [-0.1, -0.05) is 34.1 Å². The molecule has 1 unspecified atom stereocenters. The number of nitrogens with two attached hydrogens (primary N) is 1. The molecule has 1 saturated heterocycles. The number of carbonyl (C=O) groups excluding carboxylic acids is 2. The van der Waals surface area contributed by atoms with Gasteiger partial charge in [0.15, 0.2) is 0 Å². The molecule has 2 N–H and O–H groups in total. The largest absolute Gasteiger partial charge is 0.339 e. The van der Waals surface area contributed by atoms with Crippen LogP contribution in [0.3, 0.4) is 0 Å². The third-order valence-electron chi connectivity index (χ3n) is 4.07. The number of hydrogen-bond acceptors (Lipinski definition) is 3. The molecule has 2 atom stereocenters. The van der Waals surface area contributed by atoms with E-state index in [0.717, 1.165) is 6.42 Å². The first kappa shape index (κ1) is 17.0. The predicted molar refractivity (Wildman–Crippen MR) is 80.0 cm³/mol. The molecule has 0 aromatic carbocycles. The van der Waals surface area contributed by atoms with Crippen molar-refractivity contribution in [2.75, 3.05) is 26.2 Å². The van der Waals surface area contributed by atoms with Gasteiger partial charge in [-0.25, -0.2) is 0 Å². The van der Waals surface area contributed by atoms with Crippen LogP contribution in [0.2, 0.25) is 0 Å². The zero-order chi connectivity index (χ0) is 15.3. The first-order chi connectivity index (χ1) is 9.36. The summed E-state index contributed by atoms with van der Waals surface area (Å²) < 4.78 is 0. The maximum absolute atomic E-state index is 12.3. The Morgan fingerprint density at radius 2 is 1.55 bits per heavy atom. The van der Waals surface area contributed by atoms with Crippen molar-refractivity contribution in [1.29, 1.82) is 0 Å². The van der Waals surface area contributed by atoms with Gasteiger partial charge >= 0.3 is 0 Å². The van der Waals surface area contributed by atoms with E-state index >= 15 is 0 Å². The Hall–Kier alpha value is -1.10. The molecule has 1 fully saturated rings. The molecular weight excluding hydrogens is 254 g/mol. The average Bonchev–Trinajstić information content (AvgIpc) is 2.44. The standard InChI is InChI=1S/C15H29N3O2/c1-5-12(4)14(16)15(20)18-8-6-17(7-9-18)13(19)10-11(2)3/h11-12,14H,5-10,16H2,1-4H3/t12?,14-/m0/s1. The normalized spacial score (nSPS) is 19.1. The minimum Gasteiger partial charge on any atom is -0.339 e. The van der Waals surface area contributed by atoms with Crippen LogP contribution in [0.4, 0.5) is 0 Å². The molecule has 1 rings (SSSR count). The van der Waals surface area contributed by atoms with Gasteiger partial charge in [-0.15, -0.1) is 0 Å². The zero-order valence-corrected chi connectivity index (χ0v) is 13.3. The summed E-state index contributed by atoms with van der Waals surface area (Å²) in [6.07, 6.45) is 1.49. The summed E-state index contributed by atoms with van der Waals surface area (Å²) in [6.45, 7) is 10.6. The van der Waals surface area contributed by atoms with Gasteiger partial charge in [0.2, 0.25) is 11.8 Å². The topological polar surface area (TPSA) is 66.6 Å². The van der Waals surface area contributed by atoms with Crippen LogP contribution < -0.4 is 5.73 Å². The van der Waals surface area contributed by atoms with E-state index in [1.54, 1.807) is 4.90 Å². The zero-order valence-electron chi connectivity index (χ0n) is 13.3. The first-order valence-corrected chi connectivity index (χ1v) is 7.68. The summed E-state index contributed by atoms with van der Waals surface area (Å²) >= 11 is 0. The molecule has 0 aromatic rings. The highest BCUT2D eigenvalue weighted by Gasteiger charge is 2.29. The summed E-state index contributed by atoms with van der Waals surface area (Å²) in [4.78, 5) is 27.9. The Balaban J connectivity index is 2.46. The average molecular weight is 283 g/mol. The van der Waals surface area contributed by atoms with Crippen LogP contribution >= 0.6 is 0 Å². The summed E-state index contributed by atoms with van der Waals surface area (Å²) in [6, 6.07) is -0.419. The van der Waals surface area contributed by atoms with Crippen LogP contribution in [-0.2, 0) is 9.59 Å². The molecule has 0 aromatic heterocycles. The molecule has 0 radical (unpaired) electrons. The van der Waals surface area contributed by atoms with E-state index in [9.17, 15) is 9.59 Å². The van der Waals surface area contributed by atoms with Crippen molar-refractivity contribution in [3.05, 3.63) is 0 Å². The maximum Gasteiger partial charge on any atom is 0.239 e. The summed E-state index contributed by atoms with van der Waals surface area (Å²) in [5.74, 6) is 0.790. The second kappa shape index (κ2) is 7.62. The molecule has 116 valence electrons. The van der Waals surface area contributed by atoms with Gasteiger partial charge in [0.05, 0.1) is 6.04 Å². The van der Waals surface area contributed by atoms with Crippen LogP contribution in [0.15, 0.2) is 0 Å². The van der Waals surface area contributed by atoms with Gasteiger partial charge in [-0.2, -0.15) is 0 Å². The summed E-state index contributed by atoms with van der Waals surface area (Å²) in [5, 5.41) is 0. The Bertz CT molecular complexity index is 336. The highest BCUT2D eigenvalue weighted by atomic mass is 16.2. The van der Waals surface area contributed by atoms with E-state index in [2.05, 4.69) is 0 Å². The van der Waals surface area contributed by atoms with E-state index in [0.29, 0.717) is 38.5 Å². The Kier molecular flexibility index (Phi) is 6.46. The molecular formula is C15H29N3O2. The molecule has 1 heterocycles. The molecule has 0 spiro atoms. The van der Waals surface area contributed by atoms with Gasteiger partial charge in [-0.3, -0.25) is 9.59 Å². The Morgan fingerprint density at radius 1 is 1.05 bits per heavy atom. The van der Waals surface area contributed by atoms with E-state index in [-0.39, 0.29) is 17.7 Å². The van der Waals surface area contributed by atoms with Crippen molar-refractivity contribution in [1.82, 2.24) is 9.80 Å². The lowest BCUT2D eigenvalue weighted by molar-refractivity contribution is -0.141. The molecule has 20 heavy (non-hydrogen) atoms. The fraction of sp³-hybridized carbons (Fsp3) is 0.867. The van der Waals surface area contributed by atoms with Gasteiger partial charge in [0.25, 0.3) is 0 Å². The van der Waals surface area contributed by atoms with Gasteiger partial charge in [0.1, 0.15) is 0 Å². The van der Waals surface area contributed by atoms with Crippen molar-refractivity contribution in [2.45, 2.75) is 46.6 Å². The van der Waals surface area contributed by atoms with Gasteiger partial charge in [-0.05, 0) is 11.8 Å². The number of amides is 2. The lowest BCUT2D eigenvalue weighted by Gasteiger charge is -2.37. The van der Waals surface area contributed by atoms with E-state index in [1.165, 1.54) is 0 Å². The smallest absolute Gasteiger partial charge is 0.239 e. The predicted octanol–water partition coefficient (Wildman–Crippen LogP) is 1.08. The molecule has 0 bridgehead atoms. The van der Waals surface area contributed by atoms with Crippen LogP contribution in [0.25, 0.3) is 0 Å². The minimum absolute atomic E-state index is 0.0234. The van der Waals surface area contributed by atoms with Crippen molar-refractivity contribution >= 4 is 11.8 Å². The third-order valence-corrected chi connectivity index (χ3v) is 4.07. The third kappa shape index (κ3) is 4.47. The van der Waals surface area contributed by atoms with Crippen molar-refractivity contribution < 1.29 is 9.59 Å². The number of carbonyl (C=O) groups is 2. The highest BCUT2D eigenvalue weighted by molar-refractivity contribution is 5.82. The van der Waals surface area contributed by atoms with Crippen molar-refractivity contribution in [3.63, 3.8) is 0 Å². The van der Waals surface area contributed by atoms with E-state index in [1.807, 2.05) is 32.6 Å². The number of rotatable bonds is 5. The van der Waals surface area contributed by atoms with E-state index in [4.69, 9.17) is 5.73 Å². The van der Waals surface area contributed by atoms with Crippen LogP contribution in [-0.4, -0.2) is 53.8 Å². The maximum atomic E-state index is 12.3. The highest BCUT2D eigenvalue weighted by Crippen LogP contribution is 2.12. The fourth-order valence-electron chi connectivity index (χ4n) is 2.36. The lowest BCUT2D eigenvalue weighted by atomic mass is 9.98. The van der Waals surface area contributed by atoms with Crippen LogP contribution in [0.5, 0.6) is 0 Å². The first-order valence-electron chi connectivity index (χ1n) is 7.68. The number of piperazine rings is 1. The lowest BCUT2D eigenvalue weighted by Crippen LogP contribution is -2.55. The molecule has 5 heteroatoms. The molecule has 5 nitrogen and oxygen atoms in total. The monoisotopic (exact) mass is 283 g/mol. The molecule has 1 aliphatic rings. The second-order valence-electron chi connectivity index (χ2n) is 6.22. The number of hydrogen-bond donors (Lipinski definition) is 1. The quantitative estimate of drug-likeness (QED) is 0.821. The Labute approximate surface area is 122 Å².